The number of hydrogen-bond donors (Lipinski definition) is 2. The zero-order valence-electron chi connectivity index (χ0n) is 19.7. The molecule has 2 aromatic carbocycles. The van der Waals surface area contributed by atoms with Crippen LogP contribution in [0, 0.1) is 6.92 Å². The van der Waals surface area contributed by atoms with Crippen LogP contribution in [0.25, 0.3) is 10.9 Å². The second-order valence-corrected chi connectivity index (χ2v) is 11.3. The summed E-state index contributed by atoms with van der Waals surface area (Å²) in [4.78, 5) is 24.6. The number of aryl methyl sites for hydroxylation is 1. The number of fused-ring (bicyclic) bond motifs is 1. The largest absolute Gasteiger partial charge is 0.478 e. The minimum Gasteiger partial charge on any atom is -0.478 e. The number of carbonyl (C=O) groups is 2. The van der Waals surface area contributed by atoms with E-state index >= 15 is 0 Å². The number of amides is 1. The Hall–Kier alpha value is -3.73. The molecule has 1 aliphatic heterocycles. The van der Waals surface area contributed by atoms with Gasteiger partial charge in [-0.3, -0.25) is 5.32 Å². The molecule has 2 N–H and O–H groups in total. The maximum Gasteiger partial charge on any atom is 0.410 e. The summed E-state index contributed by atoms with van der Waals surface area (Å²) in [6, 6.07) is 12.6. The Morgan fingerprint density at radius 2 is 1.80 bits per heavy atom. The third kappa shape index (κ3) is 4.63. The maximum absolute atomic E-state index is 13.4. The Kier molecular flexibility index (Phi) is 5.92. The summed E-state index contributed by atoms with van der Waals surface area (Å²) in [5.74, 6) is -1.40. The molecule has 35 heavy (non-hydrogen) atoms. The number of ether oxygens (including phenoxy) is 1. The van der Waals surface area contributed by atoms with Gasteiger partial charge in [0.2, 0.25) is 0 Å². The van der Waals surface area contributed by atoms with Crippen molar-refractivity contribution in [1.29, 1.82) is 0 Å². The van der Waals surface area contributed by atoms with E-state index in [-0.39, 0.29) is 11.3 Å². The van der Waals surface area contributed by atoms with Crippen LogP contribution >= 0.6 is 0 Å². The van der Waals surface area contributed by atoms with Crippen molar-refractivity contribution in [1.82, 2.24) is 9.29 Å². The number of nitrogens with zero attached hydrogens (tertiary/aromatic N) is 3. The molecular weight excluding hydrogens is 472 g/mol. The van der Waals surface area contributed by atoms with Gasteiger partial charge in [0, 0.05) is 23.6 Å². The zero-order valence-corrected chi connectivity index (χ0v) is 20.5. The standard InChI is InChI=1S/C24H26N4O6S/c1-15-9-11-16(12-10-15)35(32,33)28-14-18(17-7-5-6-8-20(17)28)19-13-24(21(29)30,27-26-19)25-22(31)34-23(2,3)4/h5-12,14,19H,13H2,1-4H3,(H,25,31)(H,29,30). The Labute approximate surface area is 202 Å². The summed E-state index contributed by atoms with van der Waals surface area (Å²) in [5, 5.41) is 20.8. The molecule has 184 valence electrons. The molecule has 0 saturated carbocycles. The van der Waals surface area contributed by atoms with Gasteiger partial charge in [0.1, 0.15) is 11.6 Å². The molecule has 2 heterocycles. The number of nitrogens with one attached hydrogen (secondary N) is 1. The van der Waals surface area contributed by atoms with Gasteiger partial charge in [0.25, 0.3) is 15.7 Å². The van der Waals surface area contributed by atoms with Crippen molar-refractivity contribution in [2.75, 3.05) is 0 Å². The van der Waals surface area contributed by atoms with Crippen LogP contribution in [0.15, 0.2) is 69.9 Å². The molecule has 0 bridgehead atoms. The Balaban J connectivity index is 1.73. The van der Waals surface area contributed by atoms with Gasteiger partial charge in [-0.15, -0.1) is 0 Å². The first-order valence-corrected chi connectivity index (χ1v) is 12.4. The monoisotopic (exact) mass is 498 g/mol. The van der Waals surface area contributed by atoms with E-state index in [1.807, 2.05) is 6.92 Å². The molecule has 0 fully saturated rings. The highest BCUT2D eigenvalue weighted by Gasteiger charge is 2.48. The van der Waals surface area contributed by atoms with Gasteiger partial charge in [-0.2, -0.15) is 10.2 Å². The van der Waals surface area contributed by atoms with E-state index in [2.05, 4.69) is 15.5 Å². The summed E-state index contributed by atoms with van der Waals surface area (Å²) < 4.78 is 33.2. The number of rotatable bonds is 5. The minimum absolute atomic E-state index is 0.120. The van der Waals surface area contributed by atoms with Crippen molar-refractivity contribution in [2.24, 2.45) is 10.2 Å². The van der Waals surface area contributed by atoms with Crippen molar-refractivity contribution in [3.05, 3.63) is 65.9 Å². The van der Waals surface area contributed by atoms with E-state index in [1.54, 1.807) is 57.2 Å². The number of aliphatic carboxylic acids is 1. The molecule has 4 rings (SSSR count). The second kappa shape index (κ2) is 8.49. The topological polar surface area (TPSA) is 139 Å². The van der Waals surface area contributed by atoms with Crippen molar-refractivity contribution < 1.29 is 27.9 Å². The number of carboxylic acids is 1. The highest BCUT2D eigenvalue weighted by Crippen LogP contribution is 2.40. The predicted octanol–water partition coefficient (Wildman–Crippen LogP) is 4.39. The van der Waals surface area contributed by atoms with Crippen molar-refractivity contribution in [3.63, 3.8) is 0 Å². The van der Waals surface area contributed by atoms with E-state index in [0.717, 1.165) is 5.56 Å². The number of azo groups is 1. The molecule has 1 amide bonds. The van der Waals surface area contributed by atoms with Gasteiger partial charge >= 0.3 is 12.1 Å². The molecule has 10 nitrogen and oxygen atoms in total. The van der Waals surface area contributed by atoms with E-state index in [9.17, 15) is 23.1 Å². The van der Waals surface area contributed by atoms with Crippen LogP contribution < -0.4 is 5.32 Å². The molecule has 1 aromatic heterocycles. The molecule has 2 atom stereocenters. The van der Waals surface area contributed by atoms with Gasteiger partial charge < -0.3 is 9.84 Å². The van der Waals surface area contributed by atoms with Gasteiger partial charge in [-0.1, -0.05) is 35.9 Å². The first-order chi connectivity index (χ1) is 16.3. The van der Waals surface area contributed by atoms with Gasteiger partial charge in [-0.05, 0) is 45.9 Å². The normalized spacial score (nSPS) is 20.2. The molecule has 0 aliphatic carbocycles. The van der Waals surface area contributed by atoms with Crippen molar-refractivity contribution in [2.45, 2.75) is 56.3 Å². The first-order valence-electron chi connectivity index (χ1n) is 10.9. The second-order valence-electron chi connectivity index (χ2n) is 9.44. The Morgan fingerprint density at radius 1 is 1.14 bits per heavy atom. The number of carbonyl (C=O) groups excluding carboxylic acids is 1. The van der Waals surface area contributed by atoms with Crippen molar-refractivity contribution >= 4 is 33.0 Å². The number of hydrogen-bond acceptors (Lipinski definition) is 7. The third-order valence-corrected chi connectivity index (χ3v) is 7.25. The highest BCUT2D eigenvalue weighted by molar-refractivity contribution is 7.90. The quantitative estimate of drug-likeness (QED) is 0.535. The van der Waals surface area contributed by atoms with E-state index < -0.39 is 39.4 Å². The molecular formula is C24H26N4O6S. The molecule has 0 saturated heterocycles. The van der Waals surface area contributed by atoms with Gasteiger partial charge in [0.05, 0.1) is 10.4 Å². The number of aromatic nitrogens is 1. The van der Waals surface area contributed by atoms with Crippen LogP contribution in [0.5, 0.6) is 0 Å². The van der Waals surface area contributed by atoms with Crippen LogP contribution in [0.2, 0.25) is 0 Å². The van der Waals surface area contributed by atoms with Crippen LogP contribution in [0.4, 0.5) is 4.79 Å². The fourth-order valence-corrected chi connectivity index (χ4v) is 5.28. The highest BCUT2D eigenvalue weighted by atomic mass is 32.2. The lowest BCUT2D eigenvalue weighted by Gasteiger charge is -2.25. The average Bonchev–Trinajstić information content (AvgIpc) is 3.35. The summed E-state index contributed by atoms with van der Waals surface area (Å²) in [6.07, 6.45) is 0.290. The number of carboxylic acid groups (broad SMARTS) is 1. The third-order valence-electron chi connectivity index (χ3n) is 5.56. The van der Waals surface area contributed by atoms with E-state index in [1.165, 1.54) is 22.3 Å². The molecule has 3 aromatic rings. The summed E-state index contributed by atoms with van der Waals surface area (Å²) in [7, 11) is -3.94. The minimum atomic E-state index is -3.94. The Bertz CT molecular complexity index is 1440. The zero-order chi connectivity index (χ0) is 25.6. The lowest BCUT2D eigenvalue weighted by Crippen LogP contribution is -2.53. The SMILES string of the molecule is Cc1ccc(S(=O)(=O)n2cc(C3CC(NC(=O)OC(C)(C)C)(C(=O)O)N=N3)c3ccccc32)cc1. The molecule has 11 heteroatoms. The number of benzene rings is 2. The fourth-order valence-electron chi connectivity index (χ4n) is 3.90. The lowest BCUT2D eigenvalue weighted by molar-refractivity contribution is -0.144. The molecule has 1 aliphatic rings. The van der Waals surface area contributed by atoms with E-state index in [4.69, 9.17) is 4.74 Å². The maximum atomic E-state index is 13.4. The summed E-state index contributed by atoms with van der Waals surface area (Å²) in [6.45, 7) is 6.83. The molecule has 0 spiro atoms. The van der Waals surface area contributed by atoms with Gasteiger partial charge in [0.15, 0.2) is 0 Å². The molecule has 2 unspecified atom stereocenters. The average molecular weight is 499 g/mol. The van der Waals surface area contributed by atoms with Crippen LogP contribution in [0.1, 0.15) is 44.4 Å². The first kappa shape index (κ1) is 24.4. The van der Waals surface area contributed by atoms with Crippen LogP contribution in [-0.4, -0.2) is 40.8 Å². The predicted molar refractivity (Wildman–Crippen MR) is 128 cm³/mol. The fraction of sp³-hybridized carbons (Fsp3) is 0.333. The van der Waals surface area contributed by atoms with Crippen molar-refractivity contribution in [3.8, 4) is 0 Å². The van der Waals surface area contributed by atoms with Gasteiger partial charge in [-0.25, -0.2) is 22.0 Å². The lowest BCUT2D eigenvalue weighted by atomic mass is 9.97. The number of para-hydroxylation sites is 1. The Morgan fingerprint density at radius 3 is 2.43 bits per heavy atom. The van der Waals surface area contributed by atoms with Crippen LogP contribution in [0.3, 0.4) is 0 Å². The van der Waals surface area contributed by atoms with E-state index in [0.29, 0.717) is 16.5 Å². The van der Waals surface area contributed by atoms with Crippen LogP contribution in [-0.2, 0) is 19.6 Å². The summed E-state index contributed by atoms with van der Waals surface area (Å²) >= 11 is 0. The number of alkyl carbamates (subject to hydrolysis) is 1. The smallest absolute Gasteiger partial charge is 0.410 e. The summed E-state index contributed by atoms with van der Waals surface area (Å²) in [5.41, 5.74) is -1.04. The molecule has 0 radical (unpaired) electrons.